The summed E-state index contributed by atoms with van der Waals surface area (Å²) >= 11 is 0. The second-order valence-corrected chi connectivity index (χ2v) is 4.88. The second-order valence-electron chi connectivity index (χ2n) is 4.88. The van der Waals surface area contributed by atoms with Crippen LogP contribution in [-0.4, -0.2) is 26.9 Å². The standard InChI is InChI=1S/C15H19N3O3/c1-4-10(2)21-13-8-11(7-12(19)9-13)15(20)16-14-5-6-18(3)17-14/h5-10,19H,4H2,1-3H3,(H,16,17,20)/t10-/m0/s1. The van der Waals surface area contributed by atoms with Crippen LogP contribution < -0.4 is 10.1 Å². The van der Waals surface area contributed by atoms with E-state index in [0.717, 1.165) is 6.42 Å². The first-order valence-corrected chi connectivity index (χ1v) is 6.79. The van der Waals surface area contributed by atoms with Gasteiger partial charge < -0.3 is 15.2 Å². The molecule has 112 valence electrons. The van der Waals surface area contributed by atoms with Crippen LogP contribution in [0.4, 0.5) is 5.82 Å². The molecule has 0 unspecified atom stereocenters. The topological polar surface area (TPSA) is 76.4 Å². The number of ether oxygens (including phenoxy) is 1. The third-order valence-electron chi connectivity index (χ3n) is 3.02. The summed E-state index contributed by atoms with van der Waals surface area (Å²) in [5.41, 5.74) is 0.318. The average molecular weight is 289 g/mol. The number of aromatic nitrogens is 2. The molecule has 2 N–H and O–H groups in total. The van der Waals surface area contributed by atoms with Crippen LogP contribution in [-0.2, 0) is 7.05 Å². The van der Waals surface area contributed by atoms with Crippen molar-refractivity contribution in [2.75, 3.05) is 5.32 Å². The van der Waals surface area contributed by atoms with Crippen LogP contribution in [0.5, 0.6) is 11.5 Å². The molecule has 0 saturated heterocycles. The molecule has 2 aromatic rings. The van der Waals surface area contributed by atoms with E-state index < -0.39 is 0 Å². The monoisotopic (exact) mass is 289 g/mol. The van der Waals surface area contributed by atoms with E-state index in [1.165, 1.54) is 12.1 Å². The van der Waals surface area contributed by atoms with Gasteiger partial charge in [0.25, 0.3) is 5.91 Å². The van der Waals surface area contributed by atoms with E-state index in [1.54, 1.807) is 30.1 Å². The van der Waals surface area contributed by atoms with Crippen LogP contribution in [0.2, 0.25) is 0 Å². The highest BCUT2D eigenvalue weighted by molar-refractivity contribution is 6.04. The normalized spacial score (nSPS) is 12.0. The SMILES string of the molecule is CC[C@H](C)Oc1cc(O)cc(C(=O)Nc2ccn(C)n2)c1. The van der Waals surface area contributed by atoms with Crippen molar-refractivity contribution in [1.29, 1.82) is 0 Å². The van der Waals surface area contributed by atoms with Crippen LogP contribution >= 0.6 is 0 Å². The van der Waals surface area contributed by atoms with Crippen molar-refractivity contribution in [2.24, 2.45) is 7.05 Å². The highest BCUT2D eigenvalue weighted by Gasteiger charge is 2.12. The minimum Gasteiger partial charge on any atom is -0.508 e. The number of benzene rings is 1. The molecule has 6 nitrogen and oxygen atoms in total. The number of rotatable bonds is 5. The Balaban J connectivity index is 2.16. The van der Waals surface area contributed by atoms with Crippen molar-refractivity contribution < 1.29 is 14.6 Å². The van der Waals surface area contributed by atoms with Crippen molar-refractivity contribution in [1.82, 2.24) is 9.78 Å². The lowest BCUT2D eigenvalue weighted by molar-refractivity contribution is 0.102. The Morgan fingerprint density at radius 3 is 2.86 bits per heavy atom. The number of hydrogen-bond acceptors (Lipinski definition) is 4. The Morgan fingerprint density at radius 1 is 1.48 bits per heavy atom. The van der Waals surface area contributed by atoms with E-state index in [2.05, 4.69) is 10.4 Å². The van der Waals surface area contributed by atoms with Crippen LogP contribution in [0, 0.1) is 0 Å². The third kappa shape index (κ3) is 3.98. The third-order valence-corrected chi connectivity index (χ3v) is 3.02. The van der Waals surface area contributed by atoms with E-state index in [-0.39, 0.29) is 17.8 Å². The minimum absolute atomic E-state index is 0.0121. The molecule has 2 rings (SSSR count). The quantitative estimate of drug-likeness (QED) is 0.887. The molecular formula is C15H19N3O3. The molecule has 1 amide bonds. The maximum absolute atomic E-state index is 12.2. The van der Waals surface area contributed by atoms with Crippen molar-refractivity contribution >= 4 is 11.7 Å². The van der Waals surface area contributed by atoms with Crippen LogP contribution in [0.15, 0.2) is 30.5 Å². The maximum atomic E-state index is 12.2. The first-order valence-electron chi connectivity index (χ1n) is 6.79. The predicted molar refractivity (Wildman–Crippen MR) is 79.6 cm³/mol. The van der Waals surface area contributed by atoms with Crippen molar-refractivity contribution in [3.63, 3.8) is 0 Å². The highest BCUT2D eigenvalue weighted by Crippen LogP contribution is 2.23. The first-order chi connectivity index (χ1) is 9.97. The first kappa shape index (κ1) is 14.9. The Morgan fingerprint density at radius 2 is 2.24 bits per heavy atom. The van der Waals surface area contributed by atoms with E-state index in [1.807, 2.05) is 13.8 Å². The number of phenolic OH excluding ortho intramolecular Hbond substituents is 1. The molecule has 0 aliphatic carbocycles. The van der Waals surface area contributed by atoms with Gasteiger partial charge in [-0.1, -0.05) is 6.92 Å². The van der Waals surface area contributed by atoms with Gasteiger partial charge in [-0.3, -0.25) is 9.48 Å². The fourth-order valence-corrected chi connectivity index (χ4v) is 1.77. The minimum atomic E-state index is -0.349. The molecule has 0 bridgehead atoms. The Bertz CT molecular complexity index is 637. The summed E-state index contributed by atoms with van der Waals surface area (Å²) < 4.78 is 7.22. The molecule has 1 aromatic heterocycles. The molecule has 0 spiro atoms. The van der Waals surface area contributed by atoms with Crippen molar-refractivity contribution in [3.8, 4) is 11.5 Å². The van der Waals surface area contributed by atoms with Gasteiger partial charge in [-0.05, 0) is 25.5 Å². The number of nitrogens with one attached hydrogen (secondary N) is 1. The van der Waals surface area contributed by atoms with Gasteiger partial charge in [0, 0.05) is 30.9 Å². The number of nitrogens with zero attached hydrogens (tertiary/aromatic N) is 2. The lowest BCUT2D eigenvalue weighted by atomic mass is 10.2. The second kappa shape index (κ2) is 6.30. The summed E-state index contributed by atoms with van der Waals surface area (Å²) in [5, 5.41) is 16.5. The predicted octanol–water partition coefficient (Wildman–Crippen LogP) is 2.56. The molecule has 0 aliphatic heterocycles. The van der Waals surface area contributed by atoms with E-state index in [0.29, 0.717) is 17.1 Å². The van der Waals surface area contributed by atoms with Crippen LogP contribution in [0.25, 0.3) is 0 Å². The van der Waals surface area contributed by atoms with Crippen LogP contribution in [0.3, 0.4) is 0 Å². The highest BCUT2D eigenvalue weighted by atomic mass is 16.5. The van der Waals surface area contributed by atoms with Gasteiger partial charge in [0.05, 0.1) is 6.10 Å². The molecule has 0 fully saturated rings. The molecule has 21 heavy (non-hydrogen) atoms. The molecule has 0 radical (unpaired) electrons. The number of hydrogen-bond donors (Lipinski definition) is 2. The lowest BCUT2D eigenvalue weighted by Gasteiger charge is -2.13. The van der Waals surface area contributed by atoms with Gasteiger partial charge in [-0.15, -0.1) is 0 Å². The summed E-state index contributed by atoms with van der Waals surface area (Å²) in [5.74, 6) is 0.561. The Kier molecular flexibility index (Phi) is 4.47. The summed E-state index contributed by atoms with van der Waals surface area (Å²) in [6.45, 7) is 3.93. The number of phenols is 1. The number of carbonyl (C=O) groups is 1. The smallest absolute Gasteiger partial charge is 0.257 e. The molecule has 1 aromatic carbocycles. The summed E-state index contributed by atoms with van der Waals surface area (Å²) in [6, 6.07) is 6.17. The van der Waals surface area contributed by atoms with Gasteiger partial charge in [0.2, 0.25) is 0 Å². The van der Waals surface area contributed by atoms with Gasteiger partial charge in [0.1, 0.15) is 11.5 Å². The van der Waals surface area contributed by atoms with Gasteiger partial charge in [-0.25, -0.2) is 0 Å². The fourth-order valence-electron chi connectivity index (χ4n) is 1.77. The molecule has 6 heteroatoms. The van der Waals surface area contributed by atoms with Gasteiger partial charge in [0.15, 0.2) is 5.82 Å². The number of anilines is 1. The van der Waals surface area contributed by atoms with Crippen molar-refractivity contribution in [2.45, 2.75) is 26.4 Å². The molecule has 1 atom stereocenters. The van der Waals surface area contributed by atoms with Crippen molar-refractivity contribution in [3.05, 3.63) is 36.0 Å². The Labute approximate surface area is 123 Å². The fraction of sp³-hybridized carbons (Fsp3) is 0.333. The molecular weight excluding hydrogens is 270 g/mol. The maximum Gasteiger partial charge on any atom is 0.257 e. The van der Waals surface area contributed by atoms with Crippen LogP contribution in [0.1, 0.15) is 30.6 Å². The van der Waals surface area contributed by atoms with Gasteiger partial charge >= 0.3 is 0 Å². The summed E-state index contributed by atoms with van der Waals surface area (Å²) in [7, 11) is 1.77. The van der Waals surface area contributed by atoms with E-state index in [9.17, 15) is 9.90 Å². The average Bonchev–Trinajstić information content (AvgIpc) is 2.83. The molecule has 0 saturated carbocycles. The number of carbonyl (C=O) groups excluding carboxylic acids is 1. The van der Waals surface area contributed by atoms with Gasteiger partial charge in [-0.2, -0.15) is 5.10 Å². The molecule has 0 aliphatic rings. The summed E-state index contributed by atoms with van der Waals surface area (Å²) in [6.07, 6.45) is 2.58. The Hall–Kier alpha value is -2.50. The number of aromatic hydroxyl groups is 1. The number of aryl methyl sites for hydroxylation is 1. The molecule has 1 heterocycles. The van der Waals surface area contributed by atoms with E-state index >= 15 is 0 Å². The zero-order valence-corrected chi connectivity index (χ0v) is 12.3. The lowest BCUT2D eigenvalue weighted by Crippen LogP contribution is -2.14. The largest absolute Gasteiger partial charge is 0.508 e. The number of amides is 1. The zero-order valence-electron chi connectivity index (χ0n) is 12.3. The summed E-state index contributed by atoms with van der Waals surface area (Å²) in [4.78, 5) is 12.2. The zero-order chi connectivity index (χ0) is 15.4. The van der Waals surface area contributed by atoms with E-state index in [4.69, 9.17) is 4.74 Å².